The lowest BCUT2D eigenvalue weighted by Crippen LogP contribution is -2.51. The van der Waals surface area contributed by atoms with Gasteiger partial charge in [-0.2, -0.15) is 0 Å². The van der Waals surface area contributed by atoms with E-state index in [0.717, 1.165) is 23.4 Å². The Bertz CT molecular complexity index is 840. The Kier molecular flexibility index (Phi) is 5.92. The normalized spacial score (nSPS) is 16.2. The van der Waals surface area contributed by atoms with Gasteiger partial charge in [-0.1, -0.05) is 38.1 Å². The monoisotopic (exact) mass is 388 g/mol. The van der Waals surface area contributed by atoms with Crippen LogP contribution in [0.25, 0.3) is 0 Å². The van der Waals surface area contributed by atoms with Crippen molar-refractivity contribution in [1.29, 1.82) is 0 Å². The minimum Gasteiger partial charge on any atom is -0.488 e. The quantitative estimate of drug-likeness (QED) is 0.800. The van der Waals surface area contributed by atoms with Crippen molar-refractivity contribution >= 4 is 11.8 Å². The molecule has 2 amide bonds. The molecule has 1 aliphatic rings. The molecule has 2 aromatic carbocycles. The molecule has 0 aromatic heterocycles. The highest BCUT2D eigenvalue weighted by Gasteiger charge is 2.29. The number of fused-ring (bicyclic) bond motifs is 1. The molecule has 2 aromatic rings. The van der Waals surface area contributed by atoms with Gasteiger partial charge in [-0.25, -0.2) is 8.78 Å². The molecule has 1 heterocycles. The van der Waals surface area contributed by atoms with Gasteiger partial charge < -0.3 is 15.4 Å². The number of carbonyl (C=O) groups is 2. The van der Waals surface area contributed by atoms with E-state index in [1.807, 2.05) is 24.3 Å². The van der Waals surface area contributed by atoms with Crippen LogP contribution in [-0.4, -0.2) is 30.5 Å². The number of para-hydroxylation sites is 1. The van der Waals surface area contributed by atoms with Crippen LogP contribution in [0, 0.1) is 17.6 Å². The number of ether oxygens (including phenoxy) is 1. The maximum Gasteiger partial charge on any atom is 0.257 e. The molecule has 0 fully saturated rings. The van der Waals surface area contributed by atoms with Crippen molar-refractivity contribution in [2.45, 2.75) is 32.4 Å². The van der Waals surface area contributed by atoms with Gasteiger partial charge in [-0.3, -0.25) is 9.59 Å². The molecule has 0 spiro atoms. The molecule has 0 saturated carbocycles. The van der Waals surface area contributed by atoms with E-state index in [-0.39, 0.29) is 18.6 Å². The van der Waals surface area contributed by atoms with E-state index in [4.69, 9.17) is 4.74 Å². The summed E-state index contributed by atoms with van der Waals surface area (Å²) in [5.41, 5.74) is 0.376. The van der Waals surface area contributed by atoms with Gasteiger partial charge in [-0.15, -0.1) is 0 Å². The van der Waals surface area contributed by atoms with Crippen LogP contribution in [-0.2, 0) is 11.2 Å². The summed E-state index contributed by atoms with van der Waals surface area (Å²) in [5.74, 6) is -2.82. The summed E-state index contributed by atoms with van der Waals surface area (Å²) in [6, 6.07) is 9.88. The second-order valence-corrected chi connectivity index (χ2v) is 7.09. The van der Waals surface area contributed by atoms with Gasteiger partial charge in [0.2, 0.25) is 5.91 Å². The molecule has 0 aliphatic carbocycles. The summed E-state index contributed by atoms with van der Waals surface area (Å²) in [4.78, 5) is 24.9. The fraction of sp³-hybridized carbons (Fsp3) is 0.333. The molecule has 148 valence electrons. The molecule has 2 N–H and O–H groups in total. The van der Waals surface area contributed by atoms with Crippen molar-refractivity contribution in [2.24, 2.45) is 5.92 Å². The molecule has 1 aliphatic heterocycles. The first kappa shape index (κ1) is 19.8. The Morgan fingerprint density at radius 1 is 1.11 bits per heavy atom. The number of hydrogen-bond acceptors (Lipinski definition) is 3. The van der Waals surface area contributed by atoms with Crippen LogP contribution in [0.2, 0.25) is 0 Å². The highest BCUT2D eigenvalue weighted by molar-refractivity contribution is 5.98. The number of benzene rings is 2. The van der Waals surface area contributed by atoms with Crippen molar-refractivity contribution in [2.75, 3.05) is 6.54 Å². The van der Waals surface area contributed by atoms with Crippen LogP contribution in [0.5, 0.6) is 5.75 Å². The molecule has 0 radical (unpaired) electrons. The van der Waals surface area contributed by atoms with E-state index in [2.05, 4.69) is 10.6 Å². The molecule has 7 heteroatoms. The fourth-order valence-corrected chi connectivity index (χ4v) is 3.16. The van der Waals surface area contributed by atoms with Crippen molar-refractivity contribution in [3.05, 3.63) is 65.2 Å². The summed E-state index contributed by atoms with van der Waals surface area (Å²) in [6.07, 6.45) is 0.476. The molecule has 0 saturated heterocycles. The number of nitrogens with one attached hydrogen (secondary N) is 2. The SMILES string of the molecule is CC(C)C(NC(=O)c1c(F)cccc1F)C(=O)NCC1Cc2ccccc2O1. The van der Waals surface area contributed by atoms with Crippen LogP contribution in [0.15, 0.2) is 42.5 Å². The largest absolute Gasteiger partial charge is 0.488 e. The third kappa shape index (κ3) is 4.30. The Morgan fingerprint density at radius 2 is 1.79 bits per heavy atom. The lowest BCUT2D eigenvalue weighted by molar-refractivity contribution is -0.124. The van der Waals surface area contributed by atoms with Gasteiger partial charge in [0.25, 0.3) is 5.91 Å². The number of carbonyl (C=O) groups excluding carboxylic acids is 2. The predicted molar refractivity (Wildman–Crippen MR) is 100 cm³/mol. The Labute approximate surface area is 162 Å². The summed E-state index contributed by atoms with van der Waals surface area (Å²) in [7, 11) is 0. The van der Waals surface area contributed by atoms with Crippen LogP contribution >= 0.6 is 0 Å². The number of hydrogen-bond donors (Lipinski definition) is 2. The van der Waals surface area contributed by atoms with E-state index >= 15 is 0 Å². The smallest absolute Gasteiger partial charge is 0.257 e. The second kappa shape index (κ2) is 8.37. The van der Waals surface area contributed by atoms with E-state index in [1.54, 1.807) is 13.8 Å². The van der Waals surface area contributed by atoms with Gasteiger partial charge in [0, 0.05) is 6.42 Å². The number of amides is 2. The van der Waals surface area contributed by atoms with Gasteiger partial charge >= 0.3 is 0 Å². The van der Waals surface area contributed by atoms with Crippen LogP contribution < -0.4 is 15.4 Å². The number of rotatable bonds is 6. The van der Waals surface area contributed by atoms with Gasteiger partial charge in [-0.05, 0) is 29.7 Å². The molecule has 28 heavy (non-hydrogen) atoms. The zero-order valence-corrected chi connectivity index (χ0v) is 15.7. The van der Waals surface area contributed by atoms with Crippen molar-refractivity contribution in [3.8, 4) is 5.75 Å². The Balaban J connectivity index is 1.61. The maximum atomic E-state index is 13.8. The minimum absolute atomic E-state index is 0.200. The van der Waals surface area contributed by atoms with E-state index < -0.39 is 35.1 Å². The highest BCUT2D eigenvalue weighted by atomic mass is 19.1. The van der Waals surface area contributed by atoms with Crippen LogP contribution in [0.3, 0.4) is 0 Å². The molecule has 2 atom stereocenters. The zero-order chi connectivity index (χ0) is 20.3. The summed E-state index contributed by atoms with van der Waals surface area (Å²) < 4.78 is 33.4. The zero-order valence-electron chi connectivity index (χ0n) is 15.7. The molecule has 3 rings (SSSR count). The summed E-state index contributed by atoms with van der Waals surface area (Å²) >= 11 is 0. The van der Waals surface area contributed by atoms with Crippen LogP contribution in [0.4, 0.5) is 8.78 Å². The average Bonchev–Trinajstić information content (AvgIpc) is 3.06. The molecular formula is C21H22F2N2O3. The lowest BCUT2D eigenvalue weighted by Gasteiger charge is -2.23. The molecule has 0 bridgehead atoms. The fourth-order valence-electron chi connectivity index (χ4n) is 3.16. The van der Waals surface area contributed by atoms with Gasteiger partial charge in [0.05, 0.1) is 6.54 Å². The lowest BCUT2D eigenvalue weighted by atomic mass is 10.0. The average molecular weight is 388 g/mol. The van der Waals surface area contributed by atoms with Crippen molar-refractivity contribution in [1.82, 2.24) is 10.6 Å². The van der Waals surface area contributed by atoms with E-state index in [9.17, 15) is 18.4 Å². The first-order chi connectivity index (χ1) is 13.4. The van der Waals surface area contributed by atoms with Crippen molar-refractivity contribution in [3.63, 3.8) is 0 Å². The molecule has 2 unspecified atom stereocenters. The van der Waals surface area contributed by atoms with Gasteiger partial charge in [0.1, 0.15) is 35.1 Å². The topological polar surface area (TPSA) is 67.4 Å². The Morgan fingerprint density at radius 3 is 2.43 bits per heavy atom. The maximum absolute atomic E-state index is 13.8. The third-order valence-corrected chi connectivity index (χ3v) is 4.64. The third-order valence-electron chi connectivity index (χ3n) is 4.64. The van der Waals surface area contributed by atoms with Crippen LogP contribution in [0.1, 0.15) is 29.8 Å². The van der Waals surface area contributed by atoms with Crippen molar-refractivity contribution < 1.29 is 23.1 Å². The first-order valence-corrected chi connectivity index (χ1v) is 9.14. The molecular weight excluding hydrogens is 366 g/mol. The summed E-state index contributed by atoms with van der Waals surface area (Å²) in [5, 5.41) is 5.20. The van der Waals surface area contributed by atoms with E-state index in [0.29, 0.717) is 6.42 Å². The second-order valence-electron chi connectivity index (χ2n) is 7.09. The van der Waals surface area contributed by atoms with E-state index in [1.165, 1.54) is 6.07 Å². The predicted octanol–water partition coefficient (Wildman–Crippen LogP) is 2.84. The summed E-state index contributed by atoms with van der Waals surface area (Å²) in [6.45, 7) is 3.75. The highest BCUT2D eigenvalue weighted by Crippen LogP contribution is 2.27. The number of halogens is 2. The first-order valence-electron chi connectivity index (χ1n) is 9.14. The Hall–Kier alpha value is -2.96. The standard InChI is InChI=1S/C21H22F2N2O3/c1-12(2)19(25-20(26)18-15(22)7-5-8-16(18)23)21(27)24-11-14-10-13-6-3-4-9-17(13)28-14/h3-9,12,14,19H,10-11H2,1-2H3,(H,24,27)(H,25,26). The van der Waals surface area contributed by atoms with Gasteiger partial charge in [0.15, 0.2) is 0 Å². The molecule has 5 nitrogen and oxygen atoms in total. The minimum atomic E-state index is -0.975.